The summed E-state index contributed by atoms with van der Waals surface area (Å²) in [5.41, 5.74) is 3.45. The number of nitrogens with one attached hydrogen (secondary N) is 1. The highest BCUT2D eigenvalue weighted by atomic mass is 16.2. The molecule has 1 aliphatic heterocycles. The minimum atomic E-state index is 0.184. The van der Waals surface area contributed by atoms with E-state index in [0.29, 0.717) is 12.5 Å². The zero-order chi connectivity index (χ0) is 11.7. The first kappa shape index (κ1) is 11.1. The first-order valence-corrected chi connectivity index (χ1v) is 5.76. The molecule has 1 unspecified atom stereocenters. The number of carbonyl (C=O) groups excluding carboxylic acids is 1. The average Bonchev–Trinajstić information content (AvgIpc) is 2.55. The van der Waals surface area contributed by atoms with Gasteiger partial charge in [0.25, 0.3) is 0 Å². The summed E-state index contributed by atoms with van der Waals surface area (Å²) < 4.78 is 0. The van der Waals surface area contributed by atoms with Crippen LogP contribution in [0.15, 0.2) is 18.2 Å². The Morgan fingerprint density at radius 2 is 2.25 bits per heavy atom. The highest BCUT2D eigenvalue weighted by Crippen LogP contribution is 2.29. The molecule has 1 aromatic rings. The Hall–Kier alpha value is -1.35. The number of benzene rings is 1. The number of hydrogen-bond acceptors (Lipinski definition) is 2. The number of rotatable bonds is 3. The number of amides is 1. The number of likely N-dealkylation sites (N-methyl/N-ethyl adjacent to an activating group) is 1. The number of nitrogens with zero attached hydrogens (tertiary/aromatic N) is 1. The van der Waals surface area contributed by atoms with Gasteiger partial charge in [-0.25, -0.2) is 0 Å². The minimum absolute atomic E-state index is 0.184. The van der Waals surface area contributed by atoms with Crippen LogP contribution in [0.2, 0.25) is 0 Å². The molecule has 1 aromatic carbocycles. The standard InChI is InChI=1S/C13H18N2O/c1-4-14-9(2)10-5-6-12-11(7-10)8-13(16)15(12)3/h5-7,9,14H,4,8H2,1-3H3. The Morgan fingerprint density at radius 3 is 2.94 bits per heavy atom. The molecular formula is C13H18N2O. The Kier molecular flexibility index (Phi) is 2.97. The normalized spacial score (nSPS) is 16.4. The third-order valence-corrected chi connectivity index (χ3v) is 3.19. The van der Waals surface area contributed by atoms with Crippen LogP contribution in [-0.4, -0.2) is 19.5 Å². The smallest absolute Gasteiger partial charge is 0.231 e. The molecule has 1 amide bonds. The molecule has 86 valence electrons. The summed E-state index contributed by atoms with van der Waals surface area (Å²) in [7, 11) is 1.83. The molecule has 0 saturated carbocycles. The highest BCUT2D eigenvalue weighted by molar-refractivity contribution is 6.00. The van der Waals surface area contributed by atoms with E-state index in [1.807, 2.05) is 13.1 Å². The van der Waals surface area contributed by atoms with Crippen LogP contribution >= 0.6 is 0 Å². The van der Waals surface area contributed by atoms with Crippen LogP contribution in [0.3, 0.4) is 0 Å². The van der Waals surface area contributed by atoms with E-state index in [4.69, 9.17) is 0 Å². The van der Waals surface area contributed by atoms with Crippen LogP contribution in [0.25, 0.3) is 0 Å². The molecule has 1 heterocycles. The first-order chi connectivity index (χ1) is 7.63. The highest BCUT2D eigenvalue weighted by Gasteiger charge is 2.24. The molecule has 3 nitrogen and oxygen atoms in total. The van der Waals surface area contributed by atoms with Crippen molar-refractivity contribution < 1.29 is 4.79 Å². The second-order valence-electron chi connectivity index (χ2n) is 4.30. The summed E-state index contributed by atoms with van der Waals surface area (Å²) in [5, 5.41) is 3.38. The maximum absolute atomic E-state index is 11.5. The van der Waals surface area contributed by atoms with Crippen LogP contribution in [0.4, 0.5) is 5.69 Å². The monoisotopic (exact) mass is 218 g/mol. The number of anilines is 1. The molecule has 0 bridgehead atoms. The largest absolute Gasteiger partial charge is 0.315 e. The van der Waals surface area contributed by atoms with Crippen LogP contribution in [0.5, 0.6) is 0 Å². The Bertz CT molecular complexity index is 414. The van der Waals surface area contributed by atoms with Gasteiger partial charge in [-0.2, -0.15) is 0 Å². The lowest BCUT2D eigenvalue weighted by molar-refractivity contribution is -0.117. The Labute approximate surface area is 96.5 Å². The lowest BCUT2D eigenvalue weighted by Crippen LogP contribution is -2.20. The summed E-state index contributed by atoms with van der Waals surface area (Å²) in [6, 6.07) is 6.63. The van der Waals surface area contributed by atoms with E-state index in [-0.39, 0.29) is 5.91 Å². The van der Waals surface area contributed by atoms with Gasteiger partial charge in [-0.15, -0.1) is 0 Å². The van der Waals surface area contributed by atoms with Crippen LogP contribution < -0.4 is 10.2 Å². The zero-order valence-electron chi connectivity index (χ0n) is 10.1. The van der Waals surface area contributed by atoms with Gasteiger partial charge in [0, 0.05) is 18.8 Å². The van der Waals surface area contributed by atoms with E-state index >= 15 is 0 Å². The van der Waals surface area contributed by atoms with E-state index in [0.717, 1.165) is 17.8 Å². The third-order valence-electron chi connectivity index (χ3n) is 3.19. The van der Waals surface area contributed by atoms with Crippen LogP contribution in [0, 0.1) is 0 Å². The second kappa shape index (κ2) is 4.26. The van der Waals surface area contributed by atoms with Crippen LogP contribution in [-0.2, 0) is 11.2 Å². The van der Waals surface area contributed by atoms with Crippen molar-refractivity contribution in [2.75, 3.05) is 18.5 Å². The van der Waals surface area contributed by atoms with Crippen molar-refractivity contribution in [3.8, 4) is 0 Å². The van der Waals surface area contributed by atoms with Gasteiger partial charge in [0.05, 0.1) is 6.42 Å². The topological polar surface area (TPSA) is 32.3 Å². The Morgan fingerprint density at radius 1 is 1.50 bits per heavy atom. The average molecular weight is 218 g/mol. The summed E-state index contributed by atoms with van der Waals surface area (Å²) >= 11 is 0. The Balaban J connectivity index is 2.28. The molecule has 1 N–H and O–H groups in total. The van der Waals surface area contributed by atoms with E-state index < -0.39 is 0 Å². The number of carbonyl (C=O) groups is 1. The summed E-state index contributed by atoms with van der Waals surface area (Å²) in [6.07, 6.45) is 0.540. The van der Waals surface area contributed by atoms with Gasteiger partial charge < -0.3 is 10.2 Å². The summed E-state index contributed by atoms with van der Waals surface area (Å²) in [5.74, 6) is 0.184. The predicted molar refractivity (Wildman–Crippen MR) is 65.6 cm³/mol. The minimum Gasteiger partial charge on any atom is -0.315 e. The quantitative estimate of drug-likeness (QED) is 0.840. The molecule has 1 aliphatic rings. The van der Waals surface area contributed by atoms with E-state index in [2.05, 4.69) is 31.3 Å². The van der Waals surface area contributed by atoms with Crippen molar-refractivity contribution in [1.82, 2.24) is 5.32 Å². The molecule has 3 heteroatoms. The molecule has 0 aliphatic carbocycles. The van der Waals surface area contributed by atoms with Crippen molar-refractivity contribution in [1.29, 1.82) is 0 Å². The maximum Gasteiger partial charge on any atom is 0.231 e. The van der Waals surface area contributed by atoms with Crippen molar-refractivity contribution in [2.24, 2.45) is 0 Å². The lowest BCUT2D eigenvalue weighted by Gasteiger charge is -2.15. The molecule has 1 atom stereocenters. The predicted octanol–water partition coefficient (Wildman–Crippen LogP) is 1.88. The fourth-order valence-corrected chi connectivity index (χ4v) is 2.18. The van der Waals surface area contributed by atoms with E-state index in [1.54, 1.807) is 4.90 Å². The van der Waals surface area contributed by atoms with E-state index in [9.17, 15) is 4.79 Å². The maximum atomic E-state index is 11.5. The van der Waals surface area contributed by atoms with Gasteiger partial charge in [0.15, 0.2) is 0 Å². The number of fused-ring (bicyclic) bond motifs is 1. The van der Waals surface area contributed by atoms with Gasteiger partial charge in [0.1, 0.15) is 0 Å². The molecule has 0 spiro atoms. The summed E-state index contributed by atoms with van der Waals surface area (Å²) in [4.78, 5) is 13.3. The first-order valence-electron chi connectivity index (χ1n) is 5.76. The molecule has 0 aromatic heterocycles. The van der Waals surface area contributed by atoms with Crippen LogP contribution in [0.1, 0.15) is 31.0 Å². The molecule has 2 rings (SSSR count). The van der Waals surface area contributed by atoms with Crippen molar-refractivity contribution >= 4 is 11.6 Å². The van der Waals surface area contributed by atoms with Gasteiger partial charge in [-0.3, -0.25) is 4.79 Å². The van der Waals surface area contributed by atoms with Gasteiger partial charge in [-0.1, -0.05) is 19.1 Å². The fraction of sp³-hybridized carbons (Fsp3) is 0.462. The molecule has 0 fully saturated rings. The van der Waals surface area contributed by atoms with E-state index in [1.165, 1.54) is 5.56 Å². The van der Waals surface area contributed by atoms with Gasteiger partial charge in [-0.05, 0) is 30.7 Å². The van der Waals surface area contributed by atoms with Crippen molar-refractivity contribution in [3.63, 3.8) is 0 Å². The third kappa shape index (κ3) is 1.83. The molecule has 0 radical (unpaired) electrons. The lowest BCUT2D eigenvalue weighted by atomic mass is 10.0. The van der Waals surface area contributed by atoms with Gasteiger partial charge >= 0.3 is 0 Å². The SMILES string of the molecule is CCNC(C)c1ccc2c(c1)CC(=O)N2C. The molecular weight excluding hydrogens is 200 g/mol. The fourth-order valence-electron chi connectivity index (χ4n) is 2.18. The van der Waals surface area contributed by atoms with Crippen molar-refractivity contribution in [2.45, 2.75) is 26.3 Å². The van der Waals surface area contributed by atoms with Gasteiger partial charge in [0.2, 0.25) is 5.91 Å². The molecule has 16 heavy (non-hydrogen) atoms. The summed E-state index contributed by atoms with van der Waals surface area (Å²) in [6.45, 7) is 5.20. The zero-order valence-corrected chi connectivity index (χ0v) is 10.1. The van der Waals surface area contributed by atoms with Crippen molar-refractivity contribution in [3.05, 3.63) is 29.3 Å². The molecule has 0 saturated heterocycles. The second-order valence-corrected chi connectivity index (χ2v) is 4.30. The number of hydrogen-bond donors (Lipinski definition) is 1.